The number of furan rings is 1. The molecule has 22 heavy (non-hydrogen) atoms. The van der Waals surface area contributed by atoms with Crippen LogP contribution in [0, 0.1) is 0 Å². The Hall–Kier alpha value is -2.23. The van der Waals surface area contributed by atoms with Gasteiger partial charge in [-0.2, -0.15) is 0 Å². The van der Waals surface area contributed by atoms with Crippen molar-refractivity contribution in [3.8, 4) is 0 Å². The van der Waals surface area contributed by atoms with Crippen molar-refractivity contribution >= 4 is 22.6 Å². The summed E-state index contributed by atoms with van der Waals surface area (Å²) in [5.41, 5.74) is 2.79. The van der Waals surface area contributed by atoms with Gasteiger partial charge in [0, 0.05) is 24.0 Å². The van der Waals surface area contributed by atoms with Gasteiger partial charge >= 0.3 is 6.09 Å². The summed E-state index contributed by atoms with van der Waals surface area (Å²) < 4.78 is 11.0. The topological polar surface area (TPSA) is 42.7 Å². The molecule has 0 N–H and O–H groups in total. The average Bonchev–Trinajstić information content (AvgIpc) is 2.89. The van der Waals surface area contributed by atoms with Crippen molar-refractivity contribution in [1.82, 2.24) is 4.90 Å². The number of rotatable bonds is 1. The molecule has 2 aromatic rings. The monoisotopic (exact) mass is 299 g/mol. The van der Waals surface area contributed by atoms with Crippen LogP contribution in [0.2, 0.25) is 0 Å². The Balaban J connectivity index is 1.75. The Morgan fingerprint density at radius 3 is 2.73 bits per heavy atom. The van der Waals surface area contributed by atoms with Crippen LogP contribution in [-0.2, 0) is 4.74 Å². The van der Waals surface area contributed by atoms with E-state index in [9.17, 15) is 4.79 Å². The summed E-state index contributed by atoms with van der Waals surface area (Å²) in [6, 6.07) is 8.01. The van der Waals surface area contributed by atoms with Crippen LogP contribution in [0.15, 0.2) is 41.0 Å². The Bertz CT molecular complexity index is 721. The molecule has 4 heteroatoms. The highest BCUT2D eigenvalue weighted by atomic mass is 16.6. The summed E-state index contributed by atoms with van der Waals surface area (Å²) in [5, 5.41) is 1.12. The van der Waals surface area contributed by atoms with Crippen LogP contribution < -0.4 is 0 Å². The first kappa shape index (κ1) is 14.7. The highest BCUT2D eigenvalue weighted by Gasteiger charge is 2.24. The molecule has 116 valence electrons. The first-order valence-corrected chi connectivity index (χ1v) is 7.57. The minimum absolute atomic E-state index is 0.250. The second-order valence-corrected chi connectivity index (χ2v) is 6.55. The quantitative estimate of drug-likeness (QED) is 0.781. The van der Waals surface area contributed by atoms with Gasteiger partial charge in [0.15, 0.2) is 0 Å². The molecule has 2 heterocycles. The zero-order valence-electron chi connectivity index (χ0n) is 13.3. The normalized spacial score (nSPS) is 15.8. The number of hydrogen-bond acceptors (Lipinski definition) is 3. The highest BCUT2D eigenvalue weighted by molar-refractivity contribution is 5.91. The molecule has 1 aromatic heterocycles. The van der Waals surface area contributed by atoms with E-state index in [-0.39, 0.29) is 6.09 Å². The number of fused-ring (bicyclic) bond motifs is 1. The van der Waals surface area contributed by atoms with Crippen molar-refractivity contribution in [2.45, 2.75) is 32.8 Å². The summed E-state index contributed by atoms with van der Waals surface area (Å²) in [5.74, 6) is 0. The summed E-state index contributed by atoms with van der Waals surface area (Å²) in [7, 11) is 0. The van der Waals surface area contributed by atoms with Gasteiger partial charge in [0.05, 0.1) is 6.26 Å². The van der Waals surface area contributed by atoms with Gasteiger partial charge in [-0.3, -0.25) is 0 Å². The van der Waals surface area contributed by atoms with E-state index in [1.807, 2.05) is 39.0 Å². The fourth-order valence-electron chi connectivity index (χ4n) is 2.63. The molecular formula is C18H21NO3. The van der Waals surface area contributed by atoms with Crippen molar-refractivity contribution < 1.29 is 13.9 Å². The first-order valence-electron chi connectivity index (χ1n) is 7.57. The van der Waals surface area contributed by atoms with Gasteiger partial charge in [-0.1, -0.05) is 24.3 Å². The number of benzene rings is 1. The molecule has 1 amide bonds. The molecule has 1 aliphatic rings. The molecule has 1 aliphatic heterocycles. The van der Waals surface area contributed by atoms with Crippen LogP contribution >= 0.6 is 0 Å². The molecule has 0 saturated heterocycles. The third kappa shape index (κ3) is 3.01. The lowest BCUT2D eigenvalue weighted by Gasteiger charge is -2.29. The number of amides is 1. The maximum Gasteiger partial charge on any atom is 0.410 e. The maximum atomic E-state index is 12.1. The van der Waals surface area contributed by atoms with Crippen LogP contribution in [0.3, 0.4) is 0 Å². The van der Waals surface area contributed by atoms with Crippen LogP contribution in [0.4, 0.5) is 4.79 Å². The lowest BCUT2D eigenvalue weighted by molar-refractivity contribution is 0.0270. The van der Waals surface area contributed by atoms with E-state index in [1.165, 1.54) is 5.57 Å². The predicted molar refractivity (Wildman–Crippen MR) is 86.6 cm³/mol. The molecule has 0 saturated carbocycles. The largest absolute Gasteiger partial charge is 0.464 e. The number of nitrogens with zero attached hydrogens (tertiary/aromatic N) is 1. The third-order valence-corrected chi connectivity index (χ3v) is 3.69. The molecule has 0 bridgehead atoms. The maximum absolute atomic E-state index is 12.1. The Morgan fingerprint density at radius 1 is 1.27 bits per heavy atom. The SMILES string of the molecule is CC(C)(C)OC(=O)N1CC=C(c2coc3ccccc23)CC1. The standard InChI is InChI=1S/C18H21NO3/c1-18(2,3)22-17(20)19-10-8-13(9-11-19)15-12-21-16-7-5-4-6-14(15)16/h4-8,12H,9-11H2,1-3H3. The molecular weight excluding hydrogens is 278 g/mol. The second kappa shape index (κ2) is 5.52. The molecule has 1 aromatic carbocycles. The third-order valence-electron chi connectivity index (χ3n) is 3.69. The van der Waals surface area contributed by atoms with Gasteiger partial charge in [0.25, 0.3) is 0 Å². The number of ether oxygens (including phenoxy) is 1. The van der Waals surface area contributed by atoms with Crippen LogP contribution in [0.5, 0.6) is 0 Å². The molecule has 0 aliphatic carbocycles. The highest BCUT2D eigenvalue weighted by Crippen LogP contribution is 2.31. The Kier molecular flexibility index (Phi) is 3.69. The molecule has 0 radical (unpaired) electrons. The fraction of sp³-hybridized carbons (Fsp3) is 0.389. The summed E-state index contributed by atoms with van der Waals surface area (Å²) in [6.07, 6.45) is 4.45. The second-order valence-electron chi connectivity index (χ2n) is 6.55. The van der Waals surface area contributed by atoms with E-state index in [0.717, 1.165) is 23.0 Å². The number of carbonyl (C=O) groups excluding carboxylic acids is 1. The van der Waals surface area contributed by atoms with E-state index in [4.69, 9.17) is 9.15 Å². The van der Waals surface area contributed by atoms with E-state index < -0.39 is 5.60 Å². The van der Waals surface area contributed by atoms with Crippen molar-refractivity contribution in [2.24, 2.45) is 0 Å². The molecule has 3 rings (SSSR count). The summed E-state index contributed by atoms with van der Waals surface area (Å²) >= 11 is 0. The number of hydrogen-bond donors (Lipinski definition) is 0. The van der Waals surface area contributed by atoms with Crippen molar-refractivity contribution in [3.63, 3.8) is 0 Å². The van der Waals surface area contributed by atoms with Gasteiger partial charge in [0.1, 0.15) is 11.2 Å². The van der Waals surface area contributed by atoms with E-state index in [2.05, 4.69) is 12.1 Å². The molecule has 0 atom stereocenters. The van der Waals surface area contributed by atoms with Crippen molar-refractivity contribution in [3.05, 3.63) is 42.2 Å². The zero-order valence-corrected chi connectivity index (χ0v) is 13.3. The van der Waals surface area contributed by atoms with Crippen molar-refractivity contribution in [2.75, 3.05) is 13.1 Å². The molecule has 4 nitrogen and oxygen atoms in total. The van der Waals surface area contributed by atoms with E-state index >= 15 is 0 Å². The lowest BCUT2D eigenvalue weighted by atomic mass is 9.99. The fourth-order valence-corrected chi connectivity index (χ4v) is 2.63. The smallest absolute Gasteiger partial charge is 0.410 e. The van der Waals surface area contributed by atoms with Gasteiger partial charge in [0.2, 0.25) is 0 Å². The van der Waals surface area contributed by atoms with Crippen LogP contribution in [-0.4, -0.2) is 29.7 Å². The minimum Gasteiger partial charge on any atom is -0.464 e. The number of para-hydroxylation sites is 1. The zero-order chi connectivity index (χ0) is 15.7. The molecule has 0 spiro atoms. The van der Waals surface area contributed by atoms with Gasteiger partial charge in [-0.05, 0) is 38.8 Å². The predicted octanol–water partition coefficient (Wildman–Crippen LogP) is 4.46. The van der Waals surface area contributed by atoms with Crippen LogP contribution in [0.1, 0.15) is 32.8 Å². The molecule has 0 fully saturated rings. The lowest BCUT2D eigenvalue weighted by Crippen LogP contribution is -2.39. The van der Waals surface area contributed by atoms with Crippen molar-refractivity contribution in [1.29, 1.82) is 0 Å². The van der Waals surface area contributed by atoms with Gasteiger partial charge in [-0.25, -0.2) is 4.79 Å². The van der Waals surface area contributed by atoms with E-state index in [1.54, 1.807) is 11.2 Å². The van der Waals surface area contributed by atoms with Crippen LogP contribution in [0.25, 0.3) is 16.5 Å². The molecule has 0 unspecified atom stereocenters. The summed E-state index contributed by atoms with van der Waals surface area (Å²) in [4.78, 5) is 13.8. The Labute approximate surface area is 130 Å². The van der Waals surface area contributed by atoms with E-state index in [0.29, 0.717) is 13.1 Å². The number of carbonyl (C=O) groups is 1. The Morgan fingerprint density at radius 2 is 2.05 bits per heavy atom. The van der Waals surface area contributed by atoms with Gasteiger partial charge in [-0.15, -0.1) is 0 Å². The first-order chi connectivity index (χ1) is 10.4. The average molecular weight is 299 g/mol. The minimum atomic E-state index is -0.457. The summed E-state index contributed by atoms with van der Waals surface area (Å²) in [6.45, 7) is 6.89. The van der Waals surface area contributed by atoms with Gasteiger partial charge < -0.3 is 14.1 Å².